The third-order valence-electron chi connectivity index (χ3n) is 2.76. The van der Waals surface area contributed by atoms with Gasteiger partial charge in [-0.25, -0.2) is 4.39 Å². The first-order valence-electron chi connectivity index (χ1n) is 5.91. The lowest BCUT2D eigenvalue weighted by atomic mass is 10.2. The van der Waals surface area contributed by atoms with Gasteiger partial charge in [-0.15, -0.1) is 0 Å². The fourth-order valence-electron chi connectivity index (χ4n) is 1.80. The summed E-state index contributed by atoms with van der Waals surface area (Å²) in [6.45, 7) is 1.44. The van der Waals surface area contributed by atoms with Crippen LogP contribution in [0, 0.1) is 12.7 Å². The zero-order chi connectivity index (χ0) is 15.6. The Balaban J connectivity index is 2.45. The van der Waals surface area contributed by atoms with E-state index in [2.05, 4.69) is 0 Å². The van der Waals surface area contributed by atoms with Crippen molar-refractivity contribution < 1.29 is 21.8 Å². The van der Waals surface area contributed by atoms with Crippen molar-refractivity contribution in [3.05, 3.63) is 59.4 Å². The summed E-state index contributed by atoms with van der Waals surface area (Å²) >= 11 is 0. The first kappa shape index (κ1) is 15.0. The molecule has 0 aliphatic carbocycles. The SMILES string of the molecule is Cc1cc(F)ccc1S(=O)(=O)Oc1ccccc1C(N)=O. The van der Waals surface area contributed by atoms with Crippen LogP contribution in [0.3, 0.4) is 0 Å². The highest BCUT2D eigenvalue weighted by molar-refractivity contribution is 7.87. The first-order valence-corrected chi connectivity index (χ1v) is 7.31. The predicted octanol–water partition coefficient (Wildman–Crippen LogP) is 2.00. The molecule has 0 unspecified atom stereocenters. The lowest BCUT2D eigenvalue weighted by Gasteiger charge is -2.11. The highest BCUT2D eigenvalue weighted by atomic mass is 32.2. The summed E-state index contributed by atoms with van der Waals surface area (Å²) in [4.78, 5) is 11.1. The van der Waals surface area contributed by atoms with Gasteiger partial charge in [-0.3, -0.25) is 4.79 Å². The summed E-state index contributed by atoms with van der Waals surface area (Å²) in [5, 5.41) is 0. The molecule has 2 aromatic carbocycles. The van der Waals surface area contributed by atoms with Gasteiger partial charge in [0, 0.05) is 0 Å². The molecule has 0 aliphatic heterocycles. The van der Waals surface area contributed by atoms with Gasteiger partial charge in [0.15, 0.2) is 5.75 Å². The maximum atomic E-state index is 13.0. The van der Waals surface area contributed by atoms with E-state index in [0.717, 1.165) is 18.2 Å². The number of hydrogen-bond acceptors (Lipinski definition) is 4. The summed E-state index contributed by atoms with van der Waals surface area (Å²) in [7, 11) is -4.19. The molecule has 2 N–H and O–H groups in total. The lowest BCUT2D eigenvalue weighted by molar-refractivity contribution is 0.0999. The number of rotatable bonds is 4. The number of benzene rings is 2. The van der Waals surface area contributed by atoms with Crippen LogP contribution in [0.5, 0.6) is 5.75 Å². The second-order valence-electron chi connectivity index (χ2n) is 4.31. The monoisotopic (exact) mass is 309 g/mol. The van der Waals surface area contributed by atoms with Gasteiger partial charge < -0.3 is 9.92 Å². The average Bonchev–Trinajstić information content (AvgIpc) is 2.37. The number of amides is 1. The van der Waals surface area contributed by atoms with Gasteiger partial charge in [0.05, 0.1) is 5.56 Å². The van der Waals surface area contributed by atoms with Gasteiger partial charge in [-0.05, 0) is 42.8 Å². The van der Waals surface area contributed by atoms with Crippen LogP contribution in [-0.4, -0.2) is 14.3 Å². The maximum Gasteiger partial charge on any atom is 0.339 e. The molecule has 21 heavy (non-hydrogen) atoms. The van der Waals surface area contributed by atoms with Gasteiger partial charge in [0.2, 0.25) is 0 Å². The van der Waals surface area contributed by atoms with Crippen LogP contribution in [-0.2, 0) is 10.1 Å². The van der Waals surface area contributed by atoms with Gasteiger partial charge in [0.25, 0.3) is 5.91 Å². The summed E-state index contributed by atoms with van der Waals surface area (Å²) in [5.74, 6) is -1.53. The molecule has 0 bridgehead atoms. The van der Waals surface area contributed by atoms with Crippen molar-refractivity contribution in [2.75, 3.05) is 0 Å². The standard InChI is InChI=1S/C14H12FNO4S/c1-9-8-10(15)6-7-13(9)21(18,19)20-12-5-3-2-4-11(12)14(16)17/h2-8H,1H3,(H2,16,17). The second-order valence-corrected chi connectivity index (χ2v) is 5.82. The molecule has 7 heteroatoms. The molecule has 0 saturated carbocycles. The van der Waals surface area contributed by atoms with Gasteiger partial charge in [-0.2, -0.15) is 8.42 Å². The van der Waals surface area contributed by atoms with Gasteiger partial charge in [-0.1, -0.05) is 12.1 Å². The van der Waals surface area contributed by atoms with Crippen molar-refractivity contribution in [1.29, 1.82) is 0 Å². The predicted molar refractivity (Wildman–Crippen MR) is 73.9 cm³/mol. The highest BCUT2D eigenvalue weighted by Crippen LogP contribution is 2.24. The van der Waals surface area contributed by atoms with E-state index in [1.807, 2.05) is 0 Å². The van der Waals surface area contributed by atoms with E-state index >= 15 is 0 Å². The Morgan fingerprint density at radius 3 is 2.48 bits per heavy atom. The second kappa shape index (κ2) is 5.53. The van der Waals surface area contributed by atoms with E-state index < -0.39 is 21.8 Å². The Morgan fingerprint density at radius 1 is 1.19 bits per heavy atom. The molecule has 1 amide bonds. The number of hydrogen-bond donors (Lipinski definition) is 1. The molecule has 110 valence electrons. The number of halogens is 1. The number of carbonyl (C=O) groups is 1. The molecule has 0 aromatic heterocycles. The number of nitrogens with two attached hydrogens (primary N) is 1. The van der Waals surface area contributed by atoms with Crippen molar-refractivity contribution in [3.63, 3.8) is 0 Å². The van der Waals surface area contributed by atoms with Crippen molar-refractivity contribution in [1.82, 2.24) is 0 Å². The molecule has 0 aliphatic rings. The Labute approximate surface area is 121 Å². The van der Waals surface area contributed by atoms with E-state index in [1.54, 1.807) is 0 Å². The van der Waals surface area contributed by atoms with E-state index in [0.29, 0.717) is 0 Å². The lowest BCUT2D eigenvalue weighted by Crippen LogP contribution is -2.17. The molecular formula is C14H12FNO4S. The topological polar surface area (TPSA) is 86.5 Å². The fraction of sp³-hybridized carbons (Fsp3) is 0.0714. The first-order chi connectivity index (χ1) is 9.81. The average molecular weight is 309 g/mol. The summed E-state index contributed by atoms with van der Waals surface area (Å²) < 4.78 is 42.4. The largest absolute Gasteiger partial charge is 0.378 e. The fourth-order valence-corrected chi connectivity index (χ4v) is 2.96. The summed E-state index contributed by atoms with van der Waals surface area (Å²) in [5.41, 5.74) is 5.30. The Kier molecular flexibility index (Phi) is 3.95. The quantitative estimate of drug-likeness (QED) is 0.875. The van der Waals surface area contributed by atoms with Crippen LogP contribution < -0.4 is 9.92 Å². The minimum Gasteiger partial charge on any atom is -0.378 e. The van der Waals surface area contributed by atoms with E-state index in [4.69, 9.17) is 9.92 Å². The third kappa shape index (κ3) is 3.19. The number of aryl methyl sites for hydroxylation is 1. The third-order valence-corrected chi connectivity index (χ3v) is 4.15. The zero-order valence-corrected chi connectivity index (χ0v) is 11.9. The molecule has 0 fully saturated rings. The number of para-hydroxylation sites is 1. The van der Waals surface area contributed by atoms with Gasteiger partial charge in [0.1, 0.15) is 10.7 Å². The summed E-state index contributed by atoms with van der Waals surface area (Å²) in [6, 6.07) is 8.91. The smallest absolute Gasteiger partial charge is 0.339 e. The molecule has 0 atom stereocenters. The molecule has 0 heterocycles. The van der Waals surface area contributed by atoms with Gasteiger partial charge >= 0.3 is 10.1 Å². The van der Waals surface area contributed by atoms with Crippen molar-refractivity contribution in [2.45, 2.75) is 11.8 Å². The van der Waals surface area contributed by atoms with Crippen molar-refractivity contribution in [3.8, 4) is 5.75 Å². The Morgan fingerprint density at radius 2 is 1.86 bits per heavy atom. The molecular weight excluding hydrogens is 297 g/mol. The van der Waals surface area contributed by atoms with Crippen LogP contribution in [0.25, 0.3) is 0 Å². The van der Waals surface area contributed by atoms with Crippen LogP contribution in [0.2, 0.25) is 0 Å². The van der Waals surface area contributed by atoms with Crippen LogP contribution in [0.1, 0.15) is 15.9 Å². The van der Waals surface area contributed by atoms with Crippen molar-refractivity contribution in [2.24, 2.45) is 5.73 Å². The van der Waals surface area contributed by atoms with E-state index in [1.165, 1.54) is 31.2 Å². The van der Waals surface area contributed by atoms with Crippen LogP contribution in [0.15, 0.2) is 47.4 Å². The minimum absolute atomic E-state index is 0.0548. The molecule has 2 rings (SSSR count). The molecule has 0 spiro atoms. The van der Waals surface area contributed by atoms with Crippen molar-refractivity contribution >= 4 is 16.0 Å². The normalized spacial score (nSPS) is 11.1. The van der Waals surface area contributed by atoms with E-state index in [-0.39, 0.29) is 21.8 Å². The Hall–Kier alpha value is -2.41. The maximum absolute atomic E-state index is 13.0. The summed E-state index contributed by atoms with van der Waals surface area (Å²) in [6.07, 6.45) is 0. The molecule has 2 aromatic rings. The molecule has 0 saturated heterocycles. The van der Waals surface area contributed by atoms with E-state index in [9.17, 15) is 17.6 Å². The molecule has 5 nitrogen and oxygen atoms in total. The van der Waals surface area contributed by atoms with Crippen LogP contribution >= 0.6 is 0 Å². The van der Waals surface area contributed by atoms with Crippen LogP contribution in [0.4, 0.5) is 4.39 Å². The minimum atomic E-state index is -4.19. The number of carbonyl (C=O) groups excluding carboxylic acids is 1. The highest BCUT2D eigenvalue weighted by Gasteiger charge is 2.22. The molecule has 0 radical (unpaired) electrons. The zero-order valence-electron chi connectivity index (χ0n) is 11.0. The number of primary amides is 1. The Bertz CT molecular complexity index is 802.